The average Bonchev–Trinajstić information content (AvgIpc) is 2.76. The van der Waals surface area contributed by atoms with Gasteiger partial charge in [0.2, 0.25) is 5.91 Å². The Hall–Kier alpha value is -3.02. The number of methoxy groups -OCH3 is 1. The van der Waals surface area contributed by atoms with Gasteiger partial charge in [-0.2, -0.15) is 0 Å². The highest BCUT2D eigenvalue weighted by Crippen LogP contribution is 2.20. The minimum absolute atomic E-state index is 0.0372. The number of aryl methyl sites for hydroxylation is 2. The third-order valence-electron chi connectivity index (χ3n) is 5.34. The van der Waals surface area contributed by atoms with Gasteiger partial charge in [0.05, 0.1) is 7.11 Å². The maximum absolute atomic E-state index is 13.1. The summed E-state index contributed by atoms with van der Waals surface area (Å²) in [6, 6.07) is 12.7. The van der Waals surface area contributed by atoms with Crippen molar-refractivity contribution in [2.24, 2.45) is 0 Å². The van der Waals surface area contributed by atoms with Gasteiger partial charge in [-0.3, -0.25) is 9.59 Å². The molecule has 0 heterocycles. The molecule has 2 aromatic carbocycles. The molecule has 1 N–H and O–H groups in total. The molecule has 6 nitrogen and oxygen atoms in total. The van der Waals surface area contributed by atoms with Gasteiger partial charge >= 0.3 is 0 Å². The third-order valence-corrected chi connectivity index (χ3v) is 5.34. The number of carbonyl (C=O) groups excluding carboxylic acids is 2. The number of amides is 2. The van der Waals surface area contributed by atoms with Crippen molar-refractivity contribution in [3.63, 3.8) is 0 Å². The van der Waals surface area contributed by atoms with Gasteiger partial charge in [0.15, 0.2) is 6.61 Å². The lowest BCUT2D eigenvalue weighted by atomic mass is 10.1. The first kappa shape index (κ1) is 24.3. The summed E-state index contributed by atoms with van der Waals surface area (Å²) in [5, 5.41) is 2.96. The molecule has 6 heteroatoms. The van der Waals surface area contributed by atoms with Gasteiger partial charge in [-0.25, -0.2) is 0 Å². The highest BCUT2D eigenvalue weighted by atomic mass is 16.5. The van der Waals surface area contributed by atoms with Gasteiger partial charge in [-0.1, -0.05) is 36.8 Å². The quantitative estimate of drug-likeness (QED) is 0.623. The zero-order valence-corrected chi connectivity index (χ0v) is 19.4. The average molecular weight is 427 g/mol. The SMILES string of the molecule is CC[C@@H](C)NC(=O)[C@H](C)N(Cc1cccc(OC)c1)C(=O)COc1ccc(C)cc1C. The number of hydrogen-bond donors (Lipinski definition) is 1. The van der Waals surface area contributed by atoms with E-state index >= 15 is 0 Å². The minimum Gasteiger partial charge on any atom is -0.497 e. The Kier molecular flexibility index (Phi) is 8.91. The van der Waals surface area contributed by atoms with Crippen molar-refractivity contribution in [1.82, 2.24) is 10.2 Å². The Morgan fingerprint density at radius 3 is 2.48 bits per heavy atom. The highest BCUT2D eigenvalue weighted by Gasteiger charge is 2.27. The molecule has 0 radical (unpaired) electrons. The smallest absolute Gasteiger partial charge is 0.261 e. The van der Waals surface area contributed by atoms with E-state index in [1.165, 1.54) is 0 Å². The maximum atomic E-state index is 13.1. The molecule has 31 heavy (non-hydrogen) atoms. The van der Waals surface area contributed by atoms with Crippen LogP contribution in [0.15, 0.2) is 42.5 Å². The van der Waals surface area contributed by atoms with E-state index in [0.29, 0.717) is 11.5 Å². The summed E-state index contributed by atoms with van der Waals surface area (Å²) in [6.45, 7) is 9.79. The fourth-order valence-electron chi connectivity index (χ4n) is 3.20. The molecule has 0 aliphatic carbocycles. The van der Waals surface area contributed by atoms with Crippen LogP contribution >= 0.6 is 0 Å². The van der Waals surface area contributed by atoms with Crippen LogP contribution in [0.1, 0.15) is 43.9 Å². The zero-order chi connectivity index (χ0) is 23.0. The molecule has 168 valence electrons. The third kappa shape index (κ3) is 7.02. The lowest BCUT2D eigenvalue weighted by Gasteiger charge is -2.29. The summed E-state index contributed by atoms with van der Waals surface area (Å²) in [7, 11) is 1.60. The molecule has 0 saturated heterocycles. The highest BCUT2D eigenvalue weighted by molar-refractivity contribution is 5.88. The Labute approximate surface area is 185 Å². The molecule has 0 bridgehead atoms. The van der Waals surface area contributed by atoms with Crippen LogP contribution in [-0.4, -0.2) is 42.5 Å². The Balaban J connectivity index is 2.20. The van der Waals surface area contributed by atoms with E-state index in [1.807, 2.05) is 70.2 Å². The molecule has 0 aliphatic heterocycles. The lowest BCUT2D eigenvalue weighted by molar-refractivity contribution is -0.142. The molecule has 0 aliphatic rings. The molecular weight excluding hydrogens is 392 g/mol. The van der Waals surface area contributed by atoms with Gasteiger partial charge in [-0.15, -0.1) is 0 Å². The number of rotatable bonds is 10. The van der Waals surface area contributed by atoms with Crippen molar-refractivity contribution in [2.45, 2.75) is 59.7 Å². The predicted molar refractivity (Wildman–Crippen MR) is 122 cm³/mol. The van der Waals surface area contributed by atoms with Crippen molar-refractivity contribution >= 4 is 11.8 Å². The summed E-state index contributed by atoms with van der Waals surface area (Å²) in [5.74, 6) is 0.928. The van der Waals surface area contributed by atoms with E-state index in [4.69, 9.17) is 9.47 Å². The standard InChI is InChI=1S/C25H34N2O4/c1-7-19(4)26-25(29)20(5)27(15-21-9-8-10-22(14-21)30-6)24(28)16-31-23-12-11-17(2)13-18(23)3/h8-14,19-20H,7,15-16H2,1-6H3,(H,26,29)/t19-,20+/m1/s1. The fourth-order valence-corrected chi connectivity index (χ4v) is 3.20. The topological polar surface area (TPSA) is 67.9 Å². The minimum atomic E-state index is -0.643. The number of ether oxygens (including phenoxy) is 2. The van der Waals surface area contributed by atoms with Crippen LogP contribution in [-0.2, 0) is 16.1 Å². The Bertz CT molecular complexity index is 897. The summed E-state index contributed by atoms with van der Waals surface area (Å²) < 4.78 is 11.1. The van der Waals surface area contributed by atoms with E-state index in [1.54, 1.807) is 18.9 Å². The molecule has 0 spiro atoms. The van der Waals surface area contributed by atoms with Crippen LogP contribution in [0.3, 0.4) is 0 Å². The van der Waals surface area contributed by atoms with Crippen LogP contribution < -0.4 is 14.8 Å². The summed E-state index contributed by atoms with van der Waals surface area (Å²) in [6.07, 6.45) is 0.818. The van der Waals surface area contributed by atoms with E-state index < -0.39 is 6.04 Å². The molecule has 2 atom stereocenters. The monoisotopic (exact) mass is 426 g/mol. The number of carbonyl (C=O) groups is 2. The second-order valence-corrected chi connectivity index (χ2v) is 7.92. The van der Waals surface area contributed by atoms with Gasteiger partial charge in [0.1, 0.15) is 17.5 Å². The van der Waals surface area contributed by atoms with Gasteiger partial charge in [0.25, 0.3) is 5.91 Å². The number of benzene rings is 2. The predicted octanol–water partition coefficient (Wildman–Crippen LogP) is 4.02. The van der Waals surface area contributed by atoms with E-state index in [-0.39, 0.29) is 31.0 Å². The number of nitrogens with one attached hydrogen (secondary N) is 1. The summed E-state index contributed by atoms with van der Waals surface area (Å²) >= 11 is 0. The molecule has 0 saturated carbocycles. The first-order chi connectivity index (χ1) is 14.7. The Morgan fingerprint density at radius 1 is 1.10 bits per heavy atom. The Morgan fingerprint density at radius 2 is 1.84 bits per heavy atom. The molecule has 2 rings (SSSR count). The molecule has 0 aromatic heterocycles. The van der Waals surface area contributed by atoms with Crippen molar-refractivity contribution in [1.29, 1.82) is 0 Å². The largest absolute Gasteiger partial charge is 0.497 e. The van der Waals surface area contributed by atoms with Gasteiger partial charge in [-0.05, 0) is 63.4 Å². The van der Waals surface area contributed by atoms with E-state index in [0.717, 1.165) is 23.1 Å². The summed E-state index contributed by atoms with van der Waals surface area (Å²) in [5.41, 5.74) is 2.98. The fraction of sp³-hybridized carbons (Fsp3) is 0.440. The van der Waals surface area contributed by atoms with Crippen molar-refractivity contribution < 1.29 is 19.1 Å². The van der Waals surface area contributed by atoms with Crippen LogP contribution in [0.4, 0.5) is 0 Å². The first-order valence-corrected chi connectivity index (χ1v) is 10.7. The maximum Gasteiger partial charge on any atom is 0.261 e. The van der Waals surface area contributed by atoms with Crippen molar-refractivity contribution in [3.05, 3.63) is 59.2 Å². The van der Waals surface area contributed by atoms with Crippen molar-refractivity contribution in [3.8, 4) is 11.5 Å². The number of hydrogen-bond acceptors (Lipinski definition) is 4. The molecular formula is C25H34N2O4. The zero-order valence-electron chi connectivity index (χ0n) is 19.4. The van der Waals surface area contributed by atoms with Crippen LogP contribution in [0.25, 0.3) is 0 Å². The lowest BCUT2D eigenvalue weighted by Crippen LogP contribution is -2.50. The van der Waals surface area contributed by atoms with Crippen molar-refractivity contribution in [2.75, 3.05) is 13.7 Å². The second-order valence-electron chi connectivity index (χ2n) is 7.92. The van der Waals surface area contributed by atoms with E-state index in [2.05, 4.69) is 5.32 Å². The van der Waals surface area contributed by atoms with Gasteiger partial charge < -0.3 is 19.7 Å². The second kappa shape index (κ2) is 11.4. The summed E-state index contributed by atoms with van der Waals surface area (Å²) in [4.78, 5) is 27.5. The first-order valence-electron chi connectivity index (χ1n) is 10.7. The van der Waals surface area contributed by atoms with Gasteiger partial charge in [0, 0.05) is 12.6 Å². The van der Waals surface area contributed by atoms with Crippen LogP contribution in [0.2, 0.25) is 0 Å². The molecule has 0 fully saturated rings. The molecule has 0 unspecified atom stereocenters. The van der Waals surface area contributed by atoms with E-state index in [9.17, 15) is 9.59 Å². The molecule has 2 aromatic rings. The molecule has 2 amide bonds. The number of nitrogens with zero attached hydrogens (tertiary/aromatic N) is 1. The normalized spacial score (nSPS) is 12.6. The van der Waals surface area contributed by atoms with Crippen LogP contribution in [0, 0.1) is 13.8 Å². The van der Waals surface area contributed by atoms with Crippen LogP contribution in [0.5, 0.6) is 11.5 Å².